The van der Waals surface area contributed by atoms with E-state index >= 15 is 0 Å². The molecule has 0 atom stereocenters. The highest BCUT2D eigenvalue weighted by molar-refractivity contribution is 9.10. The monoisotopic (exact) mass is 352 g/mol. The topological polar surface area (TPSA) is 80.4 Å². The van der Waals surface area contributed by atoms with Crippen LogP contribution in [0.2, 0.25) is 0 Å². The molecule has 3 N–H and O–H groups in total. The van der Waals surface area contributed by atoms with Crippen LogP contribution in [0.4, 0.5) is 5.13 Å². The van der Waals surface area contributed by atoms with Crippen LogP contribution in [0.15, 0.2) is 33.8 Å². The van der Waals surface area contributed by atoms with Gasteiger partial charge in [-0.25, -0.2) is 10.4 Å². The van der Waals surface area contributed by atoms with Crippen molar-refractivity contribution in [3.8, 4) is 0 Å². The number of nitrogens with zero attached hydrogens (tertiary/aromatic N) is 2. The summed E-state index contributed by atoms with van der Waals surface area (Å²) in [6.07, 6.45) is 2.24. The van der Waals surface area contributed by atoms with E-state index < -0.39 is 0 Å². The number of carbonyl (C=O) groups is 1. The third kappa shape index (κ3) is 3.64. The summed E-state index contributed by atoms with van der Waals surface area (Å²) in [5.41, 5.74) is 9.69. The highest BCUT2D eigenvalue weighted by Gasteiger charge is 2.15. The number of hydrogen-bond acceptors (Lipinski definition) is 5. The predicted molar refractivity (Wildman–Crippen MR) is 85.1 cm³/mol. The molecule has 0 aliphatic carbocycles. The molecule has 20 heavy (non-hydrogen) atoms. The number of nitrogens with two attached hydrogens (primary N) is 1. The van der Waals surface area contributed by atoms with Gasteiger partial charge in [-0.15, -0.1) is 0 Å². The van der Waals surface area contributed by atoms with Crippen molar-refractivity contribution in [1.82, 2.24) is 10.4 Å². The van der Waals surface area contributed by atoms with Gasteiger partial charge in [-0.3, -0.25) is 4.79 Å². The van der Waals surface area contributed by atoms with Crippen LogP contribution in [0.1, 0.15) is 27.9 Å². The van der Waals surface area contributed by atoms with E-state index in [1.54, 1.807) is 6.21 Å². The molecule has 1 heterocycles. The van der Waals surface area contributed by atoms with Crippen molar-refractivity contribution in [2.75, 3.05) is 5.73 Å². The van der Waals surface area contributed by atoms with E-state index in [-0.39, 0.29) is 5.91 Å². The van der Waals surface area contributed by atoms with E-state index in [2.05, 4.69) is 31.4 Å². The van der Waals surface area contributed by atoms with Gasteiger partial charge in [-0.05, 0) is 24.1 Å². The average molecular weight is 353 g/mol. The van der Waals surface area contributed by atoms with E-state index in [9.17, 15) is 4.79 Å². The maximum Gasteiger partial charge on any atom is 0.283 e. The fraction of sp³-hybridized carbons (Fsp3) is 0.154. The van der Waals surface area contributed by atoms with Crippen LogP contribution in [-0.4, -0.2) is 17.1 Å². The van der Waals surface area contributed by atoms with Crippen molar-refractivity contribution in [3.63, 3.8) is 0 Å². The molecule has 0 spiro atoms. The lowest BCUT2D eigenvalue weighted by Crippen LogP contribution is -2.17. The fourth-order valence-corrected chi connectivity index (χ4v) is 2.63. The predicted octanol–water partition coefficient (Wildman–Crippen LogP) is 2.81. The standard InChI is InChI=1S/C13H13BrN4OS/c1-2-10-11(20-13(15)17-10)12(19)18-16-7-8-3-5-9(14)6-4-8/h3-7H,2H2,1H3,(H2,15,17)(H,18,19)/b16-7+. The Bertz CT molecular complexity index is 636. The highest BCUT2D eigenvalue weighted by Crippen LogP contribution is 2.20. The summed E-state index contributed by atoms with van der Waals surface area (Å²) in [5.74, 6) is -0.288. The Kier molecular flexibility index (Phi) is 4.86. The Morgan fingerprint density at radius 1 is 1.50 bits per heavy atom. The third-order valence-corrected chi connectivity index (χ3v) is 3.96. The number of nitrogens with one attached hydrogen (secondary N) is 1. The van der Waals surface area contributed by atoms with E-state index in [4.69, 9.17) is 5.73 Å². The van der Waals surface area contributed by atoms with Crippen LogP contribution >= 0.6 is 27.3 Å². The molecule has 0 saturated heterocycles. The van der Waals surface area contributed by atoms with E-state index in [1.807, 2.05) is 31.2 Å². The number of halogens is 1. The van der Waals surface area contributed by atoms with Gasteiger partial charge in [0.25, 0.3) is 5.91 Å². The zero-order valence-electron chi connectivity index (χ0n) is 10.8. The molecule has 0 saturated carbocycles. The quantitative estimate of drug-likeness (QED) is 0.655. The van der Waals surface area contributed by atoms with Crippen LogP contribution < -0.4 is 11.2 Å². The van der Waals surface area contributed by atoms with Crippen molar-refractivity contribution >= 4 is 44.5 Å². The Hall–Kier alpha value is -1.73. The number of rotatable bonds is 4. The highest BCUT2D eigenvalue weighted by atomic mass is 79.9. The Morgan fingerprint density at radius 2 is 2.20 bits per heavy atom. The van der Waals surface area contributed by atoms with Crippen molar-refractivity contribution in [2.45, 2.75) is 13.3 Å². The van der Waals surface area contributed by atoms with Crippen molar-refractivity contribution in [3.05, 3.63) is 44.9 Å². The SMILES string of the molecule is CCc1nc(N)sc1C(=O)N/N=C/c1ccc(Br)cc1. The van der Waals surface area contributed by atoms with Gasteiger partial charge in [0.15, 0.2) is 5.13 Å². The first-order valence-electron chi connectivity index (χ1n) is 5.94. The normalized spacial score (nSPS) is 10.9. The van der Waals surface area contributed by atoms with Crippen LogP contribution in [0.25, 0.3) is 0 Å². The number of hydrazone groups is 1. The summed E-state index contributed by atoms with van der Waals surface area (Å²) in [5, 5.41) is 4.32. The first-order chi connectivity index (χ1) is 9.60. The number of nitrogen functional groups attached to an aromatic ring is 1. The number of amides is 1. The molecule has 0 unspecified atom stereocenters. The Morgan fingerprint density at radius 3 is 2.85 bits per heavy atom. The average Bonchev–Trinajstić information content (AvgIpc) is 2.82. The van der Waals surface area contributed by atoms with Gasteiger partial charge in [-0.2, -0.15) is 5.10 Å². The molecule has 2 rings (SSSR count). The lowest BCUT2D eigenvalue weighted by Gasteiger charge is -1.98. The lowest BCUT2D eigenvalue weighted by atomic mass is 10.2. The Labute approximate surface area is 129 Å². The van der Waals surface area contributed by atoms with E-state index in [0.717, 1.165) is 10.0 Å². The molecule has 0 bridgehead atoms. The number of anilines is 1. The van der Waals surface area contributed by atoms with Crippen LogP contribution in [0, 0.1) is 0 Å². The number of aromatic nitrogens is 1. The molecule has 104 valence electrons. The van der Waals surface area contributed by atoms with Gasteiger partial charge in [0.1, 0.15) is 4.88 Å². The molecule has 1 aromatic heterocycles. The summed E-state index contributed by atoms with van der Waals surface area (Å²) in [6.45, 7) is 1.93. The number of benzene rings is 1. The second-order valence-corrected chi connectivity index (χ2v) is 5.88. The molecule has 2 aromatic rings. The third-order valence-electron chi connectivity index (χ3n) is 2.50. The van der Waals surface area contributed by atoms with Gasteiger partial charge in [-0.1, -0.05) is 46.3 Å². The minimum atomic E-state index is -0.288. The van der Waals surface area contributed by atoms with Crippen molar-refractivity contribution in [1.29, 1.82) is 0 Å². The Balaban J connectivity index is 2.03. The van der Waals surface area contributed by atoms with Crippen LogP contribution in [0.3, 0.4) is 0 Å². The van der Waals surface area contributed by atoms with E-state index in [1.165, 1.54) is 11.3 Å². The van der Waals surface area contributed by atoms with E-state index in [0.29, 0.717) is 22.1 Å². The first-order valence-corrected chi connectivity index (χ1v) is 7.55. The fourth-order valence-electron chi connectivity index (χ4n) is 1.55. The molecule has 7 heteroatoms. The van der Waals surface area contributed by atoms with Gasteiger partial charge in [0, 0.05) is 4.47 Å². The van der Waals surface area contributed by atoms with Crippen LogP contribution in [0.5, 0.6) is 0 Å². The summed E-state index contributed by atoms with van der Waals surface area (Å²) in [6, 6.07) is 7.59. The zero-order chi connectivity index (χ0) is 14.5. The largest absolute Gasteiger partial charge is 0.375 e. The number of thiazole rings is 1. The summed E-state index contributed by atoms with van der Waals surface area (Å²) < 4.78 is 0.992. The smallest absolute Gasteiger partial charge is 0.283 e. The van der Waals surface area contributed by atoms with Crippen LogP contribution in [-0.2, 0) is 6.42 Å². The van der Waals surface area contributed by atoms with Gasteiger partial charge >= 0.3 is 0 Å². The molecule has 1 amide bonds. The summed E-state index contributed by atoms with van der Waals surface area (Å²) >= 11 is 4.52. The summed E-state index contributed by atoms with van der Waals surface area (Å²) in [7, 11) is 0. The van der Waals surface area contributed by atoms with Gasteiger partial charge in [0.05, 0.1) is 11.9 Å². The molecule has 0 fully saturated rings. The lowest BCUT2D eigenvalue weighted by molar-refractivity contribution is 0.0958. The molecule has 0 aliphatic rings. The van der Waals surface area contributed by atoms with Crippen molar-refractivity contribution < 1.29 is 4.79 Å². The minimum Gasteiger partial charge on any atom is -0.375 e. The summed E-state index contributed by atoms with van der Waals surface area (Å²) in [4.78, 5) is 16.6. The van der Waals surface area contributed by atoms with Crippen molar-refractivity contribution in [2.24, 2.45) is 5.10 Å². The van der Waals surface area contributed by atoms with Gasteiger partial charge < -0.3 is 5.73 Å². The second-order valence-electron chi connectivity index (χ2n) is 3.93. The van der Waals surface area contributed by atoms with Gasteiger partial charge in [0.2, 0.25) is 0 Å². The molecular formula is C13H13BrN4OS. The molecule has 1 aromatic carbocycles. The molecule has 5 nitrogen and oxygen atoms in total. The number of carbonyl (C=O) groups excluding carboxylic acids is 1. The first kappa shape index (κ1) is 14.7. The molecular weight excluding hydrogens is 340 g/mol. The molecule has 0 aliphatic heterocycles. The minimum absolute atomic E-state index is 0.288. The molecule has 0 radical (unpaired) electrons. The zero-order valence-corrected chi connectivity index (χ0v) is 13.2. The second kappa shape index (κ2) is 6.62. The maximum atomic E-state index is 12.0. The number of aryl methyl sites for hydroxylation is 1. The maximum absolute atomic E-state index is 12.0. The number of hydrogen-bond donors (Lipinski definition) is 2.